The van der Waals surface area contributed by atoms with Gasteiger partial charge in [0.15, 0.2) is 11.6 Å². The zero-order chi connectivity index (χ0) is 19.4. The van der Waals surface area contributed by atoms with Crippen molar-refractivity contribution in [3.05, 3.63) is 71.0 Å². The van der Waals surface area contributed by atoms with Gasteiger partial charge < -0.3 is 11.1 Å². The molecule has 0 radical (unpaired) electrons. The number of nitrogens with two attached hydrogens (primary N) is 1. The number of nitrogen functional groups attached to an aromatic ring is 1. The fourth-order valence-corrected chi connectivity index (χ4v) is 2.31. The van der Waals surface area contributed by atoms with Gasteiger partial charge in [-0.3, -0.25) is 15.6 Å². The third kappa shape index (κ3) is 4.21. The lowest BCUT2D eigenvalue weighted by molar-refractivity contribution is 0.0958. The lowest BCUT2D eigenvalue weighted by Gasteiger charge is -2.13. The Hall–Kier alpha value is -3.46. The molecule has 0 aliphatic heterocycles. The van der Waals surface area contributed by atoms with Gasteiger partial charge >= 0.3 is 0 Å². The van der Waals surface area contributed by atoms with Crippen LogP contribution in [0.15, 0.2) is 48.8 Å². The molecule has 0 fully saturated rings. The summed E-state index contributed by atoms with van der Waals surface area (Å²) >= 11 is 5.74. The number of hydrogen-bond donors (Lipinski definition) is 4. The number of nitrogens with one attached hydrogen (secondary N) is 3. The largest absolute Gasteiger partial charge is 0.393 e. The van der Waals surface area contributed by atoms with Crippen molar-refractivity contribution in [1.29, 1.82) is 0 Å². The molecular weight excluding hydrogens is 378 g/mol. The lowest BCUT2D eigenvalue weighted by Crippen LogP contribution is -2.31. The van der Waals surface area contributed by atoms with Crippen molar-refractivity contribution in [2.45, 2.75) is 0 Å². The van der Waals surface area contributed by atoms with Crippen LogP contribution >= 0.6 is 11.6 Å². The maximum Gasteiger partial charge on any atom is 0.272 e. The Kier molecular flexibility index (Phi) is 5.32. The molecule has 1 heterocycles. The highest BCUT2D eigenvalue weighted by Crippen LogP contribution is 2.27. The summed E-state index contributed by atoms with van der Waals surface area (Å²) in [7, 11) is 0. The normalized spacial score (nSPS) is 10.3. The van der Waals surface area contributed by atoms with Crippen molar-refractivity contribution in [3.8, 4) is 0 Å². The average Bonchev–Trinajstić information content (AvgIpc) is 2.65. The topological polar surface area (TPSA) is 105 Å². The Bertz CT molecular complexity index is 1000. The summed E-state index contributed by atoms with van der Waals surface area (Å²) < 4.78 is 26.9. The van der Waals surface area contributed by atoms with Crippen LogP contribution in [0, 0.1) is 11.6 Å². The highest BCUT2D eigenvalue weighted by molar-refractivity contribution is 6.31. The van der Waals surface area contributed by atoms with E-state index in [-0.39, 0.29) is 27.9 Å². The van der Waals surface area contributed by atoms with Crippen LogP contribution in [0.25, 0.3) is 0 Å². The Labute approximate surface area is 157 Å². The molecule has 0 unspecified atom stereocenters. The molecule has 0 aliphatic rings. The van der Waals surface area contributed by atoms with Gasteiger partial charge in [0.25, 0.3) is 5.91 Å². The van der Waals surface area contributed by atoms with E-state index < -0.39 is 17.5 Å². The molecule has 2 aromatic carbocycles. The zero-order valence-corrected chi connectivity index (χ0v) is 14.4. The molecule has 5 N–H and O–H groups in total. The van der Waals surface area contributed by atoms with E-state index in [1.54, 1.807) is 0 Å². The third-order valence-electron chi connectivity index (χ3n) is 3.48. The second-order valence-corrected chi connectivity index (χ2v) is 5.70. The molecule has 7 nitrogen and oxygen atoms in total. The smallest absolute Gasteiger partial charge is 0.272 e. The van der Waals surface area contributed by atoms with Gasteiger partial charge in [-0.1, -0.05) is 23.7 Å². The van der Waals surface area contributed by atoms with Crippen molar-refractivity contribution < 1.29 is 13.6 Å². The summed E-state index contributed by atoms with van der Waals surface area (Å²) in [6, 6.07) is 9.52. The number of anilines is 4. The SMILES string of the molecule is Nc1c(NNC(=O)c2ccccc2F)ncnc1Nc1ccc(F)c(Cl)c1. The van der Waals surface area contributed by atoms with E-state index in [2.05, 4.69) is 26.1 Å². The summed E-state index contributed by atoms with van der Waals surface area (Å²) in [6.45, 7) is 0. The van der Waals surface area contributed by atoms with Crippen molar-refractivity contribution >= 4 is 40.5 Å². The molecule has 138 valence electrons. The van der Waals surface area contributed by atoms with Crippen LogP contribution in [0.1, 0.15) is 10.4 Å². The first-order valence-corrected chi connectivity index (χ1v) is 7.97. The van der Waals surface area contributed by atoms with Crippen LogP contribution < -0.4 is 21.9 Å². The summed E-state index contributed by atoms with van der Waals surface area (Å²) in [5.41, 5.74) is 11.2. The summed E-state index contributed by atoms with van der Waals surface area (Å²) in [5.74, 6) is -1.63. The highest BCUT2D eigenvalue weighted by atomic mass is 35.5. The van der Waals surface area contributed by atoms with Crippen LogP contribution in [0.4, 0.5) is 31.8 Å². The predicted molar refractivity (Wildman–Crippen MR) is 98.6 cm³/mol. The minimum absolute atomic E-state index is 0.0665. The van der Waals surface area contributed by atoms with Crippen LogP contribution in [0.5, 0.6) is 0 Å². The van der Waals surface area contributed by atoms with Crippen LogP contribution in [0.3, 0.4) is 0 Å². The molecule has 0 atom stereocenters. The molecule has 1 aromatic heterocycles. The number of hydrazine groups is 1. The van der Waals surface area contributed by atoms with Gasteiger partial charge in [-0.25, -0.2) is 18.7 Å². The molecule has 0 saturated carbocycles. The van der Waals surface area contributed by atoms with E-state index in [0.717, 1.165) is 0 Å². The van der Waals surface area contributed by atoms with Gasteiger partial charge in [0, 0.05) is 5.69 Å². The molecule has 0 spiro atoms. The molecule has 3 aromatic rings. The number of halogens is 3. The second-order valence-electron chi connectivity index (χ2n) is 5.30. The van der Waals surface area contributed by atoms with Gasteiger partial charge in [-0.2, -0.15) is 0 Å². The third-order valence-corrected chi connectivity index (χ3v) is 3.77. The Balaban J connectivity index is 1.74. The molecule has 0 saturated heterocycles. The Morgan fingerprint density at radius 3 is 2.52 bits per heavy atom. The highest BCUT2D eigenvalue weighted by Gasteiger charge is 2.13. The second kappa shape index (κ2) is 7.83. The van der Waals surface area contributed by atoms with Gasteiger partial charge in [0.2, 0.25) is 0 Å². The molecule has 27 heavy (non-hydrogen) atoms. The summed E-state index contributed by atoms with van der Waals surface area (Å²) in [4.78, 5) is 19.9. The standard InChI is InChI=1S/C17H13ClF2N6O/c18-11-7-9(5-6-13(11)20)24-15-14(21)16(23-8-22-15)25-26-17(27)10-3-1-2-4-12(10)19/h1-8H,21H2,(H,26,27)(H2,22,23,24,25). The number of amides is 1. The maximum absolute atomic E-state index is 13.6. The first kappa shape index (κ1) is 18.3. The molecule has 10 heteroatoms. The van der Waals surface area contributed by atoms with Gasteiger partial charge in [-0.15, -0.1) is 0 Å². The fourth-order valence-electron chi connectivity index (χ4n) is 2.13. The van der Waals surface area contributed by atoms with E-state index in [1.165, 1.54) is 48.8 Å². The average molecular weight is 391 g/mol. The minimum atomic E-state index is -0.703. The van der Waals surface area contributed by atoms with E-state index in [0.29, 0.717) is 5.69 Å². The molecule has 0 bridgehead atoms. The Morgan fingerprint density at radius 1 is 1.04 bits per heavy atom. The molecule has 3 rings (SSSR count). The van der Waals surface area contributed by atoms with Gasteiger partial charge in [0.1, 0.15) is 23.6 Å². The monoisotopic (exact) mass is 390 g/mol. The number of hydrogen-bond acceptors (Lipinski definition) is 6. The number of rotatable bonds is 5. The fraction of sp³-hybridized carbons (Fsp3) is 0. The molecule has 1 amide bonds. The quantitative estimate of drug-likeness (QED) is 0.497. The Morgan fingerprint density at radius 2 is 1.78 bits per heavy atom. The molecule has 0 aliphatic carbocycles. The van der Waals surface area contributed by atoms with Crippen molar-refractivity contribution in [1.82, 2.24) is 15.4 Å². The number of nitrogens with zero attached hydrogens (tertiary/aromatic N) is 2. The van der Waals surface area contributed by atoms with Crippen molar-refractivity contribution in [2.24, 2.45) is 0 Å². The molecular formula is C17H13ClF2N6O. The van der Waals surface area contributed by atoms with E-state index in [9.17, 15) is 13.6 Å². The van der Waals surface area contributed by atoms with Crippen molar-refractivity contribution in [3.63, 3.8) is 0 Å². The van der Waals surface area contributed by atoms with Gasteiger partial charge in [-0.05, 0) is 30.3 Å². The van der Waals surface area contributed by atoms with Crippen molar-refractivity contribution in [2.75, 3.05) is 16.5 Å². The first-order chi connectivity index (χ1) is 13.0. The number of aromatic nitrogens is 2. The predicted octanol–water partition coefficient (Wildman–Crippen LogP) is 3.49. The van der Waals surface area contributed by atoms with Crippen LogP contribution in [-0.4, -0.2) is 15.9 Å². The number of carbonyl (C=O) groups is 1. The summed E-state index contributed by atoms with van der Waals surface area (Å²) in [6.07, 6.45) is 1.20. The summed E-state index contributed by atoms with van der Waals surface area (Å²) in [5, 5.41) is 2.80. The lowest BCUT2D eigenvalue weighted by atomic mass is 10.2. The number of carbonyl (C=O) groups excluding carboxylic acids is 1. The van der Waals surface area contributed by atoms with E-state index in [1.807, 2.05) is 0 Å². The van der Waals surface area contributed by atoms with Crippen LogP contribution in [0.2, 0.25) is 5.02 Å². The minimum Gasteiger partial charge on any atom is -0.393 e. The van der Waals surface area contributed by atoms with Gasteiger partial charge in [0.05, 0.1) is 10.6 Å². The number of benzene rings is 2. The van der Waals surface area contributed by atoms with Crippen LogP contribution in [-0.2, 0) is 0 Å². The first-order valence-electron chi connectivity index (χ1n) is 7.59. The van der Waals surface area contributed by atoms with E-state index >= 15 is 0 Å². The maximum atomic E-state index is 13.6. The van der Waals surface area contributed by atoms with E-state index in [4.69, 9.17) is 17.3 Å². The zero-order valence-electron chi connectivity index (χ0n) is 13.6.